The van der Waals surface area contributed by atoms with Crippen LogP contribution in [0.4, 0.5) is 5.69 Å². The van der Waals surface area contributed by atoms with E-state index < -0.39 is 0 Å². The Bertz CT molecular complexity index is 827. The number of carbonyl (C=O) groups is 1. The second kappa shape index (κ2) is 6.04. The van der Waals surface area contributed by atoms with Gasteiger partial charge in [-0.15, -0.1) is 0 Å². The number of likely N-dealkylation sites (tertiary alicyclic amines) is 1. The van der Waals surface area contributed by atoms with Crippen LogP contribution in [0.3, 0.4) is 0 Å². The Morgan fingerprint density at radius 2 is 2.17 bits per heavy atom. The molecule has 3 aromatic heterocycles. The zero-order chi connectivity index (χ0) is 16.5. The van der Waals surface area contributed by atoms with Crippen molar-refractivity contribution in [1.82, 2.24) is 29.3 Å². The van der Waals surface area contributed by atoms with Crippen molar-refractivity contribution < 1.29 is 4.79 Å². The topological polar surface area (TPSA) is 80.3 Å². The van der Waals surface area contributed by atoms with Crippen molar-refractivity contribution in [2.24, 2.45) is 0 Å². The molecule has 0 radical (unpaired) electrons. The SMILES string of the molecule is CN1CCC(n2cc(NC(=O)c3cc4ncccn4n3)cn2)CC1. The summed E-state index contributed by atoms with van der Waals surface area (Å²) in [6.07, 6.45) is 9.15. The van der Waals surface area contributed by atoms with E-state index in [-0.39, 0.29) is 5.91 Å². The number of nitrogens with zero attached hydrogens (tertiary/aromatic N) is 6. The quantitative estimate of drug-likeness (QED) is 0.788. The average Bonchev–Trinajstić information content (AvgIpc) is 3.22. The number of hydrogen-bond acceptors (Lipinski definition) is 5. The van der Waals surface area contributed by atoms with Crippen molar-refractivity contribution in [1.29, 1.82) is 0 Å². The molecule has 0 spiro atoms. The van der Waals surface area contributed by atoms with Gasteiger partial charge in [-0.1, -0.05) is 0 Å². The number of fused-ring (bicyclic) bond motifs is 1. The van der Waals surface area contributed by atoms with Gasteiger partial charge < -0.3 is 10.2 Å². The highest BCUT2D eigenvalue weighted by atomic mass is 16.2. The number of nitrogens with one attached hydrogen (secondary N) is 1. The van der Waals surface area contributed by atoms with Gasteiger partial charge in [0.05, 0.1) is 17.9 Å². The van der Waals surface area contributed by atoms with Crippen molar-refractivity contribution in [3.8, 4) is 0 Å². The average molecular weight is 325 g/mol. The van der Waals surface area contributed by atoms with Gasteiger partial charge in [-0.3, -0.25) is 9.48 Å². The summed E-state index contributed by atoms with van der Waals surface area (Å²) in [5.74, 6) is -0.261. The minimum atomic E-state index is -0.261. The zero-order valence-corrected chi connectivity index (χ0v) is 13.5. The van der Waals surface area contributed by atoms with E-state index in [1.165, 1.54) is 0 Å². The van der Waals surface area contributed by atoms with Crippen LogP contribution in [0, 0.1) is 0 Å². The molecule has 1 aliphatic heterocycles. The molecular formula is C16H19N7O. The van der Waals surface area contributed by atoms with Crippen LogP contribution < -0.4 is 5.32 Å². The lowest BCUT2D eigenvalue weighted by atomic mass is 10.1. The number of amides is 1. The minimum absolute atomic E-state index is 0.261. The Hall–Kier alpha value is -2.74. The number of aromatic nitrogens is 5. The van der Waals surface area contributed by atoms with Gasteiger partial charge in [0.1, 0.15) is 0 Å². The molecule has 0 atom stereocenters. The third-order valence-electron chi connectivity index (χ3n) is 4.39. The Morgan fingerprint density at radius 3 is 2.96 bits per heavy atom. The van der Waals surface area contributed by atoms with E-state index in [4.69, 9.17) is 0 Å². The van der Waals surface area contributed by atoms with Crippen LogP contribution in [0.5, 0.6) is 0 Å². The van der Waals surface area contributed by atoms with Crippen LogP contribution in [0.25, 0.3) is 5.65 Å². The highest BCUT2D eigenvalue weighted by Crippen LogP contribution is 2.22. The van der Waals surface area contributed by atoms with Crippen LogP contribution in [0.2, 0.25) is 0 Å². The van der Waals surface area contributed by atoms with Gasteiger partial charge in [-0.05, 0) is 39.0 Å². The molecule has 0 saturated carbocycles. The molecule has 8 nitrogen and oxygen atoms in total. The Kier molecular flexibility index (Phi) is 3.73. The summed E-state index contributed by atoms with van der Waals surface area (Å²) >= 11 is 0. The van der Waals surface area contributed by atoms with Crippen molar-refractivity contribution in [3.63, 3.8) is 0 Å². The van der Waals surface area contributed by atoms with Crippen LogP contribution in [-0.2, 0) is 0 Å². The summed E-state index contributed by atoms with van der Waals surface area (Å²) in [5, 5.41) is 11.5. The zero-order valence-electron chi connectivity index (χ0n) is 13.5. The Labute approximate surface area is 139 Å². The molecule has 1 N–H and O–H groups in total. The highest BCUT2D eigenvalue weighted by Gasteiger charge is 2.19. The van der Waals surface area contributed by atoms with Gasteiger partial charge in [0.2, 0.25) is 0 Å². The first-order chi connectivity index (χ1) is 11.7. The summed E-state index contributed by atoms with van der Waals surface area (Å²) in [4.78, 5) is 18.8. The normalized spacial score (nSPS) is 16.5. The van der Waals surface area contributed by atoms with Gasteiger partial charge in [0.25, 0.3) is 5.91 Å². The molecular weight excluding hydrogens is 306 g/mol. The summed E-state index contributed by atoms with van der Waals surface area (Å²) in [5.41, 5.74) is 1.66. The molecule has 24 heavy (non-hydrogen) atoms. The van der Waals surface area contributed by atoms with E-state index in [1.54, 1.807) is 35.2 Å². The van der Waals surface area contributed by atoms with Crippen molar-refractivity contribution in [3.05, 3.63) is 42.6 Å². The molecule has 1 amide bonds. The fraction of sp³-hybridized carbons (Fsp3) is 0.375. The summed E-state index contributed by atoms with van der Waals surface area (Å²) in [6.45, 7) is 2.14. The van der Waals surface area contributed by atoms with Gasteiger partial charge in [-0.25, -0.2) is 9.50 Å². The smallest absolute Gasteiger partial charge is 0.276 e. The fourth-order valence-electron chi connectivity index (χ4n) is 3.00. The molecule has 0 aromatic carbocycles. The van der Waals surface area contributed by atoms with Gasteiger partial charge in [0, 0.05) is 24.7 Å². The highest BCUT2D eigenvalue weighted by molar-refractivity contribution is 6.03. The van der Waals surface area contributed by atoms with Crippen LogP contribution in [-0.4, -0.2) is 55.3 Å². The monoisotopic (exact) mass is 325 g/mol. The largest absolute Gasteiger partial charge is 0.318 e. The second-order valence-electron chi connectivity index (χ2n) is 6.15. The molecule has 124 valence electrons. The first kappa shape index (κ1) is 14.8. The first-order valence-electron chi connectivity index (χ1n) is 8.03. The van der Waals surface area contributed by atoms with Crippen LogP contribution in [0.1, 0.15) is 29.4 Å². The number of piperidine rings is 1. The molecule has 0 aliphatic carbocycles. The summed E-state index contributed by atoms with van der Waals surface area (Å²) in [7, 11) is 2.13. The van der Waals surface area contributed by atoms with E-state index in [2.05, 4.69) is 32.4 Å². The molecule has 0 bridgehead atoms. The van der Waals surface area contributed by atoms with E-state index in [0.29, 0.717) is 23.1 Å². The van der Waals surface area contributed by atoms with Gasteiger partial charge >= 0.3 is 0 Å². The van der Waals surface area contributed by atoms with Crippen LogP contribution >= 0.6 is 0 Å². The van der Waals surface area contributed by atoms with E-state index >= 15 is 0 Å². The first-order valence-corrected chi connectivity index (χ1v) is 8.03. The van der Waals surface area contributed by atoms with Crippen molar-refractivity contribution >= 4 is 17.2 Å². The van der Waals surface area contributed by atoms with Gasteiger partial charge in [0.15, 0.2) is 11.3 Å². The molecule has 3 aromatic rings. The summed E-state index contributed by atoms with van der Waals surface area (Å²) in [6, 6.07) is 3.83. The molecule has 8 heteroatoms. The third kappa shape index (κ3) is 2.88. The molecule has 4 rings (SSSR count). The maximum absolute atomic E-state index is 12.4. The summed E-state index contributed by atoms with van der Waals surface area (Å²) < 4.78 is 3.53. The predicted molar refractivity (Wildman–Crippen MR) is 88.9 cm³/mol. The standard InChI is InChI=1S/C16H19N7O/c1-21-7-3-13(4-8-21)23-11-12(10-18-23)19-16(24)14-9-15-17-5-2-6-22(15)20-14/h2,5-6,9-11,13H,3-4,7-8H2,1H3,(H,19,24). The molecule has 1 saturated heterocycles. The second-order valence-corrected chi connectivity index (χ2v) is 6.15. The molecule has 1 aliphatic rings. The van der Waals surface area contributed by atoms with Crippen molar-refractivity contribution in [2.45, 2.75) is 18.9 Å². The van der Waals surface area contributed by atoms with E-state index in [1.807, 2.05) is 10.9 Å². The number of hydrogen-bond donors (Lipinski definition) is 1. The predicted octanol–water partition coefficient (Wildman–Crippen LogP) is 1.44. The lowest BCUT2D eigenvalue weighted by Gasteiger charge is -2.28. The van der Waals surface area contributed by atoms with E-state index in [9.17, 15) is 4.79 Å². The molecule has 1 fully saturated rings. The molecule has 0 unspecified atom stereocenters. The minimum Gasteiger partial charge on any atom is -0.318 e. The third-order valence-corrected chi connectivity index (χ3v) is 4.39. The fourth-order valence-corrected chi connectivity index (χ4v) is 3.00. The lowest BCUT2D eigenvalue weighted by molar-refractivity contribution is 0.102. The number of anilines is 1. The lowest BCUT2D eigenvalue weighted by Crippen LogP contribution is -2.31. The maximum atomic E-state index is 12.4. The number of carbonyl (C=O) groups excluding carboxylic acids is 1. The Balaban J connectivity index is 1.46. The Morgan fingerprint density at radius 1 is 1.33 bits per heavy atom. The number of rotatable bonds is 3. The molecule has 4 heterocycles. The van der Waals surface area contributed by atoms with E-state index in [0.717, 1.165) is 25.9 Å². The maximum Gasteiger partial charge on any atom is 0.276 e. The van der Waals surface area contributed by atoms with Gasteiger partial charge in [-0.2, -0.15) is 10.2 Å². The van der Waals surface area contributed by atoms with Crippen molar-refractivity contribution in [2.75, 3.05) is 25.5 Å². The van der Waals surface area contributed by atoms with Crippen LogP contribution in [0.15, 0.2) is 36.9 Å².